The van der Waals surface area contributed by atoms with Gasteiger partial charge in [0.2, 0.25) is 12.4 Å². The number of azide groups is 1. The maximum absolute atomic E-state index is 14.0. The number of anilines is 1. The number of carbonyl (C=O) groups is 4. The fourth-order valence-electron chi connectivity index (χ4n) is 7.16. The molecule has 1 fully saturated rings. The van der Waals surface area contributed by atoms with Crippen LogP contribution in [0.3, 0.4) is 0 Å². The molecule has 0 bridgehead atoms. The number of esters is 3. The third kappa shape index (κ3) is 13.4. The van der Waals surface area contributed by atoms with E-state index in [1.165, 1.54) is 44.2 Å². The van der Waals surface area contributed by atoms with Crippen molar-refractivity contribution >= 4 is 62.3 Å². The minimum absolute atomic E-state index is 0.0646. The first-order valence-electron chi connectivity index (χ1n) is 20.6. The van der Waals surface area contributed by atoms with E-state index in [9.17, 15) is 27.6 Å². The first kappa shape index (κ1) is 51.2. The lowest BCUT2D eigenvalue weighted by molar-refractivity contribution is -0.266. The van der Waals surface area contributed by atoms with E-state index in [1.54, 1.807) is 18.2 Å². The zero-order valence-electron chi connectivity index (χ0n) is 37.1. The number of hydrogen-bond acceptors (Lipinski definition) is 19. The highest BCUT2D eigenvalue weighted by Crippen LogP contribution is 2.45. The van der Waals surface area contributed by atoms with Crippen molar-refractivity contribution in [3.8, 4) is 23.0 Å². The minimum Gasteiger partial charge on any atom is -0.497 e. The normalized spacial score (nSPS) is 19.9. The summed E-state index contributed by atoms with van der Waals surface area (Å²) in [6, 6.07) is 10.1. The van der Waals surface area contributed by atoms with Gasteiger partial charge in [-0.1, -0.05) is 12.0 Å². The van der Waals surface area contributed by atoms with Crippen molar-refractivity contribution in [2.45, 2.75) is 51.3 Å². The maximum atomic E-state index is 14.0. The number of amides is 1. The first-order chi connectivity index (χ1) is 31.6. The van der Waals surface area contributed by atoms with E-state index in [2.05, 4.69) is 15.3 Å². The number of methoxy groups -OCH3 is 2. The van der Waals surface area contributed by atoms with Crippen LogP contribution < -0.4 is 23.2 Å². The molecule has 1 saturated heterocycles. The van der Waals surface area contributed by atoms with Crippen LogP contribution >= 0.6 is 11.6 Å². The lowest BCUT2D eigenvalue weighted by Gasteiger charge is -2.42. The predicted octanol–water partition coefficient (Wildman–Crippen LogP) is 4.51. The fraction of sp³-hybridized carbons (Fsp3) is 0.524. The third-order valence-electron chi connectivity index (χ3n) is 10.3. The van der Waals surface area contributed by atoms with Crippen LogP contribution in [0.15, 0.2) is 47.6 Å². The van der Waals surface area contributed by atoms with Crippen molar-refractivity contribution in [2.75, 3.05) is 91.7 Å². The van der Waals surface area contributed by atoms with Crippen molar-refractivity contribution in [3.05, 3.63) is 64.0 Å². The third-order valence-corrected chi connectivity index (χ3v) is 11.4. The SMILES string of the molecule is COC(=O)[C@H]1OC(Oc2ccc(C(=O)N(C)CCOCCOCCOCCN=[N+]=[N-])cc2OS(=O)(=O)Oc2cc3c(c4cc(OC)ccc24)[C@H](CCl)CN3)[C@H](OC(C)=O)[C@@H](OC(C)=O)C1C. The highest BCUT2D eigenvalue weighted by Gasteiger charge is 2.52. The second-order valence-corrected chi connectivity index (χ2v) is 16.3. The molecule has 2 unspecified atom stereocenters. The quantitative estimate of drug-likeness (QED) is 0.0246. The lowest BCUT2D eigenvalue weighted by Crippen LogP contribution is -2.60. The second-order valence-electron chi connectivity index (χ2n) is 14.8. The Balaban J connectivity index is 1.43. The van der Waals surface area contributed by atoms with Crippen molar-refractivity contribution in [2.24, 2.45) is 11.0 Å². The number of ether oxygens (including phenoxy) is 9. The molecule has 0 saturated carbocycles. The summed E-state index contributed by atoms with van der Waals surface area (Å²) < 4.78 is 89.1. The Labute approximate surface area is 385 Å². The number of benzene rings is 3. The number of nitrogens with zero attached hydrogens (tertiary/aromatic N) is 4. The van der Waals surface area contributed by atoms with Gasteiger partial charge in [0.25, 0.3) is 5.91 Å². The molecule has 1 N–H and O–H groups in total. The van der Waals surface area contributed by atoms with E-state index < -0.39 is 70.5 Å². The average molecular weight is 966 g/mol. The molecular weight excluding hydrogens is 914 g/mol. The number of hydrogen-bond donors (Lipinski definition) is 1. The molecule has 3 aromatic carbocycles. The number of nitrogens with one attached hydrogen (secondary N) is 1. The highest BCUT2D eigenvalue weighted by atomic mass is 35.5. The number of halogens is 1. The van der Waals surface area contributed by atoms with Gasteiger partial charge in [0.05, 0.1) is 53.9 Å². The van der Waals surface area contributed by atoms with Crippen LogP contribution in [0.2, 0.25) is 0 Å². The van der Waals surface area contributed by atoms with Gasteiger partial charge in [-0.25, -0.2) is 4.79 Å². The van der Waals surface area contributed by atoms with E-state index >= 15 is 0 Å². The molecule has 0 aliphatic carbocycles. The smallest absolute Gasteiger partial charge is 0.497 e. The van der Waals surface area contributed by atoms with Crippen LogP contribution in [0.25, 0.3) is 21.2 Å². The van der Waals surface area contributed by atoms with E-state index in [0.29, 0.717) is 42.0 Å². The van der Waals surface area contributed by atoms with Crippen molar-refractivity contribution in [1.29, 1.82) is 0 Å². The standard InChI is InChI=1S/C42H52ClN5O17S/c1-24-37(60-25(2)49)39(61-26(3)50)42(63-38(24)41(52)56-6)62-33-10-7-27(40(51)48(4)12-14-58-16-18-59-17-15-57-13-11-46-47-44)19-35(33)65-66(53,54)64-34-21-32-36(28(22-43)23-45-32)31-20-29(55-5)8-9-30(31)34/h7-10,19-21,24,28,37-39,42,45H,11-18,22-23H2,1-6H3/t24?,28-,37+,38+,39-,42?/m1/s1. The molecule has 66 heavy (non-hydrogen) atoms. The summed E-state index contributed by atoms with van der Waals surface area (Å²) in [5, 5.41) is 7.62. The topological polar surface area (TPSA) is 268 Å². The van der Waals surface area contributed by atoms with Gasteiger partial charge in [-0.05, 0) is 52.9 Å². The summed E-state index contributed by atoms with van der Waals surface area (Å²) in [7, 11) is -0.994. The molecule has 6 atom stereocenters. The van der Waals surface area contributed by atoms with Gasteiger partial charge in [0.1, 0.15) is 5.75 Å². The van der Waals surface area contributed by atoms with Gasteiger partial charge in [0, 0.05) is 85.9 Å². The van der Waals surface area contributed by atoms with E-state index in [0.717, 1.165) is 32.6 Å². The molecule has 3 aromatic rings. The highest BCUT2D eigenvalue weighted by molar-refractivity contribution is 7.82. The van der Waals surface area contributed by atoms with E-state index in [-0.39, 0.29) is 68.4 Å². The van der Waals surface area contributed by atoms with Crippen LogP contribution in [0.5, 0.6) is 23.0 Å². The number of alkyl halides is 1. The molecule has 360 valence electrons. The van der Waals surface area contributed by atoms with Crippen LogP contribution in [-0.4, -0.2) is 148 Å². The Morgan fingerprint density at radius 2 is 1.55 bits per heavy atom. The second kappa shape index (κ2) is 24.1. The molecular formula is C42H52ClN5O17S. The minimum atomic E-state index is -5.10. The lowest BCUT2D eigenvalue weighted by atomic mass is 9.90. The largest absolute Gasteiger partial charge is 0.501 e. The Kier molecular flexibility index (Phi) is 18.7. The Morgan fingerprint density at radius 3 is 2.20 bits per heavy atom. The molecule has 22 nitrogen and oxygen atoms in total. The number of carbonyl (C=O) groups excluding carboxylic acids is 4. The van der Waals surface area contributed by atoms with Crippen molar-refractivity contribution < 1.29 is 78.6 Å². The maximum Gasteiger partial charge on any atom is 0.501 e. The number of likely N-dealkylation sites (N-methyl/N-ethyl adjacent to an activating group) is 1. The molecule has 0 aromatic heterocycles. The zero-order chi connectivity index (χ0) is 48.0. The first-order valence-corrected chi connectivity index (χ1v) is 22.4. The van der Waals surface area contributed by atoms with E-state index in [4.69, 9.17) is 68.1 Å². The van der Waals surface area contributed by atoms with Gasteiger partial charge < -0.3 is 61.2 Å². The van der Waals surface area contributed by atoms with Gasteiger partial charge in [-0.2, -0.15) is 0 Å². The molecule has 1 amide bonds. The summed E-state index contributed by atoms with van der Waals surface area (Å²) >= 11 is 6.30. The summed E-state index contributed by atoms with van der Waals surface area (Å²) in [4.78, 5) is 55.3. The van der Waals surface area contributed by atoms with Gasteiger partial charge in [0.15, 0.2) is 29.5 Å². The molecule has 2 aliphatic rings. The van der Waals surface area contributed by atoms with Crippen LogP contribution in [0.4, 0.5) is 5.69 Å². The van der Waals surface area contributed by atoms with Gasteiger partial charge >= 0.3 is 28.3 Å². The molecule has 2 heterocycles. The van der Waals surface area contributed by atoms with Gasteiger partial charge in [-0.3, -0.25) is 14.4 Å². The molecule has 2 aliphatic heterocycles. The Morgan fingerprint density at radius 1 is 0.879 bits per heavy atom. The fourth-order valence-corrected chi connectivity index (χ4v) is 8.16. The predicted molar refractivity (Wildman–Crippen MR) is 234 cm³/mol. The summed E-state index contributed by atoms with van der Waals surface area (Å²) in [6.07, 6.45) is -6.00. The average Bonchev–Trinajstić information content (AvgIpc) is 3.71. The molecule has 5 rings (SSSR count). The number of fused-ring (bicyclic) bond motifs is 3. The molecule has 0 spiro atoms. The van der Waals surface area contributed by atoms with Crippen LogP contribution in [0, 0.1) is 5.92 Å². The zero-order valence-corrected chi connectivity index (χ0v) is 38.7. The van der Waals surface area contributed by atoms with Crippen LogP contribution in [0.1, 0.15) is 42.6 Å². The van der Waals surface area contributed by atoms with E-state index in [1.807, 2.05) is 0 Å². The summed E-state index contributed by atoms with van der Waals surface area (Å²) in [6.45, 7) is 5.97. The van der Waals surface area contributed by atoms with Crippen molar-refractivity contribution in [1.82, 2.24) is 4.90 Å². The monoisotopic (exact) mass is 965 g/mol. The number of rotatable bonds is 24. The summed E-state index contributed by atoms with van der Waals surface area (Å²) in [5.74, 6) is -4.40. The van der Waals surface area contributed by atoms with Crippen LogP contribution in [-0.2, 0) is 57.9 Å². The summed E-state index contributed by atoms with van der Waals surface area (Å²) in [5.41, 5.74) is 9.66. The Hall–Kier alpha value is -5.81. The van der Waals surface area contributed by atoms with Crippen molar-refractivity contribution in [3.63, 3.8) is 0 Å². The Bertz CT molecular complexity index is 2370. The van der Waals surface area contributed by atoms with Gasteiger partial charge in [-0.15, -0.1) is 20.0 Å². The molecule has 24 heteroatoms. The molecule has 0 radical (unpaired) electrons.